The highest BCUT2D eigenvalue weighted by molar-refractivity contribution is 6.07. The van der Waals surface area contributed by atoms with Gasteiger partial charge in [0.2, 0.25) is 0 Å². The summed E-state index contributed by atoms with van der Waals surface area (Å²) >= 11 is 0. The molecule has 0 saturated carbocycles. The molecule has 3 aromatic rings. The van der Waals surface area contributed by atoms with Crippen LogP contribution in [0.15, 0.2) is 54.6 Å². The average Bonchev–Trinajstić information content (AvgIpc) is 2.74. The second-order valence-corrected chi connectivity index (χ2v) is 7.35. The molecule has 2 aromatic carbocycles. The van der Waals surface area contributed by atoms with Gasteiger partial charge in [-0.1, -0.05) is 25.1 Å². The Labute approximate surface area is 189 Å². The molecule has 1 aliphatic heterocycles. The molecule has 1 amide bonds. The van der Waals surface area contributed by atoms with Crippen LogP contribution in [0.5, 0.6) is 5.75 Å². The summed E-state index contributed by atoms with van der Waals surface area (Å²) in [6.07, 6.45) is 0.946. The van der Waals surface area contributed by atoms with Crippen molar-refractivity contribution in [3.8, 4) is 17.0 Å². The van der Waals surface area contributed by atoms with Crippen LogP contribution in [0.25, 0.3) is 22.2 Å². The molecule has 4 rings (SSSR count). The van der Waals surface area contributed by atoms with Gasteiger partial charge < -0.3 is 15.4 Å². The van der Waals surface area contributed by atoms with Crippen LogP contribution < -0.4 is 15.4 Å². The highest BCUT2D eigenvalue weighted by Gasteiger charge is 2.24. The number of fused-ring (bicyclic) bond motifs is 1. The number of methoxy groups -OCH3 is 1. The third-order valence-electron chi connectivity index (χ3n) is 5.45. The van der Waals surface area contributed by atoms with E-state index in [1.807, 2.05) is 54.6 Å². The van der Waals surface area contributed by atoms with Crippen LogP contribution in [0, 0.1) is 5.92 Å². The number of nitrogens with one attached hydrogen (secondary N) is 2. The van der Waals surface area contributed by atoms with Gasteiger partial charge in [-0.25, -0.2) is 4.98 Å². The number of ether oxygens (including phenoxy) is 1. The predicted molar refractivity (Wildman–Crippen MR) is 126 cm³/mol. The van der Waals surface area contributed by atoms with Crippen molar-refractivity contribution >= 4 is 41.6 Å². The number of pyridine rings is 1. The summed E-state index contributed by atoms with van der Waals surface area (Å²) in [5, 5.41) is 7.50. The number of carbonyl (C=O) groups is 1. The van der Waals surface area contributed by atoms with Crippen LogP contribution in [0.4, 0.5) is 0 Å². The molecule has 1 aliphatic rings. The first kappa shape index (κ1) is 23.9. The Morgan fingerprint density at radius 3 is 2.57 bits per heavy atom. The maximum absolute atomic E-state index is 13.2. The molecule has 2 N–H and O–H groups in total. The summed E-state index contributed by atoms with van der Waals surface area (Å²) in [7, 11) is 1.65. The van der Waals surface area contributed by atoms with Crippen LogP contribution >= 0.6 is 24.8 Å². The van der Waals surface area contributed by atoms with Gasteiger partial charge in [0.25, 0.3) is 5.91 Å². The fraction of sp³-hybridized carbons (Fsp3) is 0.304. The van der Waals surface area contributed by atoms with Crippen molar-refractivity contribution in [2.45, 2.75) is 19.4 Å². The highest BCUT2D eigenvalue weighted by atomic mass is 35.5. The Morgan fingerprint density at radius 2 is 1.87 bits per heavy atom. The minimum atomic E-state index is -0.0351. The SMILES string of the molecule is COc1ccc(-c2cc(C(=O)NC3CCNCC3C)c3ccccc3n2)cc1.Cl.Cl. The van der Waals surface area contributed by atoms with E-state index in [-0.39, 0.29) is 36.8 Å². The molecular formula is C23H27Cl2N3O2. The molecule has 30 heavy (non-hydrogen) atoms. The number of nitrogens with zero attached hydrogens (tertiary/aromatic N) is 1. The number of amides is 1. The van der Waals surface area contributed by atoms with E-state index in [0.717, 1.165) is 47.4 Å². The number of benzene rings is 2. The van der Waals surface area contributed by atoms with E-state index in [4.69, 9.17) is 9.72 Å². The number of aromatic nitrogens is 1. The highest BCUT2D eigenvalue weighted by Crippen LogP contribution is 2.26. The summed E-state index contributed by atoms with van der Waals surface area (Å²) < 4.78 is 5.24. The van der Waals surface area contributed by atoms with Crippen molar-refractivity contribution in [3.05, 3.63) is 60.2 Å². The second kappa shape index (κ2) is 10.6. The minimum absolute atomic E-state index is 0. The largest absolute Gasteiger partial charge is 0.497 e. The Hall–Kier alpha value is -2.34. The molecule has 1 saturated heterocycles. The molecule has 0 spiro atoms. The number of para-hydroxylation sites is 1. The summed E-state index contributed by atoms with van der Waals surface area (Å²) in [5.74, 6) is 1.17. The lowest BCUT2D eigenvalue weighted by Crippen LogP contribution is -2.48. The van der Waals surface area contributed by atoms with Gasteiger partial charge >= 0.3 is 0 Å². The smallest absolute Gasteiger partial charge is 0.252 e. The standard InChI is InChI=1S/C23H25N3O2.2ClH/c1-15-14-24-12-11-20(15)26-23(27)19-13-22(16-7-9-17(28-2)10-8-16)25-21-6-4-3-5-18(19)21;;/h3-10,13,15,20,24H,11-12,14H2,1-2H3,(H,26,27);2*1H. The van der Waals surface area contributed by atoms with Crippen molar-refractivity contribution in [1.82, 2.24) is 15.6 Å². The topological polar surface area (TPSA) is 63.2 Å². The van der Waals surface area contributed by atoms with Crippen molar-refractivity contribution in [2.24, 2.45) is 5.92 Å². The summed E-state index contributed by atoms with van der Waals surface area (Å²) in [6, 6.07) is 17.6. The summed E-state index contributed by atoms with van der Waals surface area (Å²) in [5.41, 5.74) is 3.22. The summed E-state index contributed by atoms with van der Waals surface area (Å²) in [4.78, 5) is 18.0. The lowest BCUT2D eigenvalue weighted by Gasteiger charge is -2.30. The van der Waals surface area contributed by atoms with E-state index < -0.39 is 0 Å². The Kier molecular flexibility index (Phi) is 8.47. The van der Waals surface area contributed by atoms with E-state index in [1.54, 1.807) is 7.11 Å². The van der Waals surface area contributed by atoms with Gasteiger partial charge in [0.1, 0.15) is 5.75 Å². The van der Waals surface area contributed by atoms with Crippen LogP contribution in [0.1, 0.15) is 23.7 Å². The fourth-order valence-electron chi connectivity index (χ4n) is 3.75. The van der Waals surface area contributed by atoms with Crippen molar-refractivity contribution in [3.63, 3.8) is 0 Å². The van der Waals surface area contributed by atoms with Gasteiger partial charge in [-0.2, -0.15) is 0 Å². The normalized spacial score (nSPS) is 18.1. The van der Waals surface area contributed by atoms with E-state index in [9.17, 15) is 4.79 Å². The number of hydrogen-bond acceptors (Lipinski definition) is 4. The molecule has 5 nitrogen and oxygen atoms in total. The first-order valence-electron chi connectivity index (χ1n) is 9.71. The molecule has 1 fully saturated rings. The molecule has 7 heteroatoms. The van der Waals surface area contributed by atoms with Crippen molar-refractivity contribution < 1.29 is 9.53 Å². The molecule has 160 valence electrons. The molecule has 2 atom stereocenters. The van der Waals surface area contributed by atoms with Crippen molar-refractivity contribution in [1.29, 1.82) is 0 Å². The maximum atomic E-state index is 13.2. The third kappa shape index (κ3) is 5.04. The van der Waals surface area contributed by atoms with E-state index in [1.165, 1.54) is 0 Å². The molecule has 0 radical (unpaired) electrons. The predicted octanol–water partition coefficient (Wildman–Crippen LogP) is 4.48. The molecule has 0 bridgehead atoms. The number of rotatable bonds is 4. The maximum Gasteiger partial charge on any atom is 0.252 e. The van der Waals surface area contributed by atoms with Gasteiger partial charge in [-0.3, -0.25) is 4.79 Å². The van der Waals surface area contributed by atoms with Crippen LogP contribution in [-0.2, 0) is 0 Å². The van der Waals surface area contributed by atoms with Gasteiger partial charge in [0.05, 0.1) is 23.9 Å². The zero-order valence-corrected chi connectivity index (χ0v) is 18.7. The van der Waals surface area contributed by atoms with Gasteiger partial charge in [0, 0.05) is 17.0 Å². The number of halogens is 2. The molecule has 0 aliphatic carbocycles. The molecule has 2 unspecified atom stereocenters. The molecule has 1 aromatic heterocycles. The Morgan fingerprint density at radius 1 is 1.13 bits per heavy atom. The lowest BCUT2D eigenvalue weighted by molar-refractivity contribution is 0.0916. The van der Waals surface area contributed by atoms with Gasteiger partial charge in [0.15, 0.2) is 0 Å². The first-order chi connectivity index (χ1) is 13.7. The van der Waals surface area contributed by atoms with E-state index in [0.29, 0.717) is 11.5 Å². The van der Waals surface area contributed by atoms with Crippen LogP contribution in [0.3, 0.4) is 0 Å². The van der Waals surface area contributed by atoms with Gasteiger partial charge in [-0.05, 0) is 61.8 Å². The monoisotopic (exact) mass is 447 g/mol. The van der Waals surface area contributed by atoms with Crippen LogP contribution in [-0.4, -0.2) is 37.1 Å². The zero-order chi connectivity index (χ0) is 19.5. The quantitative estimate of drug-likeness (QED) is 0.618. The number of carbonyl (C=O) groups excluding carboxylic acids is 1. The molecular weight excluding hydrogens is 421 g/mol. The average molecular weight is 448 g/mol. The van der Waals surface area contributed by atoms with Gasteiger partial charge in [-0.15, -0.1) is 24.8 Å². The van der Waals surface area contributed by atoms with Crippen LogP contribution in [0.2, 0.25) is 0 Å². The Balaban J connectivity index is 0.00000160. The second-order valence-electron chi connectivity index (χ2n) is 7.35. The number of piperidine rings is 1. The number of hydrogen-bond donors (Lipinski definition) is 2. The summed E-state index contributed by atoms with van der Waals surface area (Å²) in [6.45, 7) is 4.03. The van der Waals surface area contributed by atoms with Crippen molar-refractivity contribution in [2.75, 3.05) is 20.2 Å². The lowest BCUT2D eigenvalue weighted by atomic mass is 9.94. The third-order valence-corrected chi connectivity index (χ3v) is 5.45. The fourth-order valence-corrected chi connectivity index (χ4v) is 3.75. The zero-order valence-electron chi connectivity index (χ0n) is 17.1. The van der Waals surface area contributed by atoms with E-state index in [2.05, 4.69) is 17.6 Å². The van der Waals surface area contributed by atoms with E-state index >= 15 is 0 Å². The minimum Gasteiger partial charge on any atom is -0.497 e. The Bertz CT molecular complexity index is 995. The molecule has 2 heterocycles. The first-order valence-corrected chi connectivity index (χ1v) is 9.71.